The Balaban J connectivity index is 1.84. The lowest BCUT2D eigenvalue weighted by atomic mass is 10.2. The van der Waals surface area contributed by atoms with Crippen LogP contribution in [-0.4, -0.2) is 26.1 Å². The number of nitrogens with zero attached hydrogens (tertiary/aromatic N) is 4. The van der Waals surface area contributed by atoms with Crippen molar-refractivity contribution in [3.63, 3.8) is 0 Å². The molecule has 0 spiro atoms. The molecule has 0 aliphatic heterocycles. The topological polar surface area (TPSA) is 81.9 Å². The Kier molecular flexibility index (Phi) is 4.33. The van der Waals surface area contributed by atoms with Crippen LogP contribution in [0.1, 0.15) is 5.56 Å². The van der Waals surface area contributed by atoms with Crippen molar-refractivity contribution in [2.24, 2.45) is 0 Å². The highest BCUT2D eigenvalue weighted by Crippen LogP contribution is 2.34. The lowest BCUT2D eigenvalue weighted by molar-refractivity contribution is -0.137. The minimum atomic E-state index is -4.71. The van der Waals surface area contributed by atoms with Crippen LogP contribution >= 0.6 is 0 Å². The van der Waals surface area contributed by atoms with Gasteiger partial charge in [0.05, 0.1) is 24.3 Å². The van der Waals surface area contributed by atoms with Crippen molar-refractivity contribution in [1.82, 2.24) is 20.0 Å². The molecule has 2 heterocycles. The Labute approximate surface area is 139 Å². The number of anilines is 1. The highest BCUT2D eigenvalue weighted by atomic mass is 19.4. The van der Waals surface area contributed by atoms with Crippen LogP contribution in [0.5, 0.6) is 5.75 Å². The number of amides is 1. The summed E-state index contributed by atoms with van der Waals surface area (Å²) in [6.07, 6.45) is -2.14. The Morgan fingerprint density at radius 3 is 2.44 bits per heavy atom. The van der Waals surface area contributed by atoms with Crippen LogP contribution in [0.25, 0.3) is 5.82 Å². The molecule has 128 valence electrons. The van der Waals surface area contributed by atoms with Gasteiger partial charge in [-0.15, -0.1) is 4.80 Å². The second-order valence-electron chi connectivity index (χ2n) is 4.74. The molecule has 3 rings (SSSR count). The molecule has 0 fully saturated rings. The number of nitrogens with one attached hydrogen (secondary N) is 1. The molecule has 1 N–H and O–H groups in total. The number of halogens is 3. The quantitative estimate of drug-likeness (QED) is 0.785. The molecule has 0 saturated heterocycles. The van der Waals surface area contributed by atoms with Crippen molar-refractivity contribution in [3.8, 4) is 11.6 Å². The number of carbonyl (C=O) groups is 1. The third kappa shape index (κ3) is 3.91. The van der Waals surface area contributed by atoms with Crippen molar-refractivity contribution in [1.29, 1.82) is 0 Å². The monoisotopic (exact) mass is 349 g/mol. The number of benzene rings is 1. The van der Waals surface area contributed by atoms with Crippen molar-refractivity contribution >= 4 is 11.8 Å². The first-order chi connectivity index (χ1) is 11.9. The molecule has 2 aromatic heterocycles. The molecule has 10 heteroatoms. The van der Waals surface area contributed by atoms with E-state index in [9.17, 15) is 18.0 Å². The fourth-order valence-electron chi connectivity index (χ4n) is 1.96. The van der Waals surface area contributed by atoms with Crippen molar-refractivity contribution < 1.29 is 22.7 Å². The van der Waals surface area contributed by atoms with E-state index >= 15 is 0 Å². The summed E-state index contributed by atoms with van der Waals surface area (Å²) in [7, 11) is 0. The smallest absolute Gasteiger partial charge is 0.410 e. The second-order valence-corrected chi connectivity index (χ2v) is 4.74. The zero-order valence-corrected chi connectivity index (χ0v) is 12.4. The summed E-state index contributed by atoms with van der Waals surface area (Å²) >= 11 is 0. The van der Waals surface area contributed by atoms with Crippen LogP contribution in [0.15, 0.2) is 55.0 Å². The minimum Gasteiger partial charge on any atom is -0.410 e. The van der Waals surface area contributed by atoms with Gasteiger partial charge in [-0.05, 0) is 18.2 Å². The van der Waals surface area contributed by atoms with E-state index in [4.69, 9.17) is 4.74 Å². The first-order valence-corrected chi connectivity index (χ1v) is 6.91. The average molecular weight is 349 g/mol. The van der Waals surface area contributed by atoms with Gasteiger partial charge in [0, 0.05) is 0 Å². The van der Waals surface area contributed by atoms with E-state index in [1.165, 1.54) is 24.5 Å². The van der Waals surface area contributed by atoms with E-state index in [-0.39, 0.29) is 11.4 Å². The van der Waals surface area contributed by atoms with E-state index in [0.29, 0.717) is 0 Å². The van der Waals surface area contributed by atoms with Gasteiger partial charge in [-0.1, -0.05) is 18.2 Å². The summed E-state index contributed by atoms with van der Waals surface area (Å²) in [5.74, 6) is -0.249. The summed E-state index contributed by atoms with van der Waals surface area (Å²) in [5.41, 5.74) is -1.27. The molecule has 1 aromatic carbocycles. The fourth-order valence-corrected chi connectivity index (χ4v) is 1.96. The molecular weight excluding hydrogens is 339 g/mol. The lowest BCUT2D eigenvalue weighted by Gasteiger charge is -2.13. The summed E-state index contributed by atoms with van der Waals surface area (Å²) in [6, 6.07) is 8.83. The van der Waals surface area contributed by atoms with E-state index in [1.807, 2.05) is 0 Å². The minimum absolute atomic E-state index is 0.177. The largest absolute Gasteiger partial charge is 0.420 e. The summed E-state index contributed by atoms with van der Waals surface area (Å²) < 4.78 is 44.7. The van der Waals surface area contributed by atoms with Crippen LogP contribution < -0.4 is 10.1 Å². The third-order valence-corrected chi connectivity index (χ3v) is 2.98. The van der Waals surface area contributed by atoms with Gasteiger partial charge in [0.1, 0.15) is 11.3 Å². The molecule has 3 aromatic rings. The highest BCUT2D eigenvalue weighted by Gasteiger charge is 2.36. The van der Waals surface area contributed by atoms with Gasteiger partial charge in [-0.3, -0.25) is 5.32 Å². The highest BCUT2D eigenvalue weighted by molar-refractivity contribution is 5.86. The number of alkyl halides is 3. The molecule has 0 unspecified atom stereocenters. The number of rotatable bonds is 3. The van der Waals surface area contributed by atoms with Gasteiger partial charge < -0.3 is 4.74 Å². The van der Waals surface area contributed by atoms with Crippen LogP contribution in [0.3, 0.4) is 0 Å². The number of ether oxygens (including phenoxy) is 1. The molecule has 0 radical (unpaired) electrons. The third-order valence-electron chi connectivity index (χ3n) is 2.98. The number of hydrogen-bond donors (Lipinski definition) is 1. The van der Waals surface area contributed by atoms with Crippen LogP contribution in [-0.2, 0) is 6.18 Å². The number of pyridine rings is 1. The van der Waals surface area contributed by atoms with Crippen molar-refractivity contribution in [2.45, 2.75) is 6.18 Å². The summed E-state index contributed by atoms with van der Waals surface area (Å²) in [6.45, 7) is 0. The van der Waals surface area contributed by atoms with Crippen molar-refractivity contribution in [2.75, 3.05) is 5.32 Å². The fraction of sp³-hybridized carbons (Fsp3) is 0.0667. The first-order valence-electron chi connectivity index (χ1n) is 6.91. The van der Waals surface area contributed by atoms with E-state index in [1.54, 1.807) is 18.2 Å². The van der Waals surface area contributed by atoms with Gasteiger partial charge >= 0.3 is 12.3 Å². The number of aromatic nitrogens is 4. The Morgan fingerprint density at radius 1 is 1.12 bits per heavy atom. The SMILES string of the molecule is O=C(Nc1cnc(-n2nccn2)c(C(F)(F)F)c1)Oc1ccccc1. The van der Waals surface area contributed by atoms with Gasteiger partial charge in [-0.2, -0.15) is 23.4 Å². The van der Waals surface area contributed by atoms with Gasteiger partial charge in [0.2, 0.25) is 0 Å². The predicted octanol–water partition coefficient (Wildman–Crippen LogP) is 3.29. The van der Waals surface area contributed by atoms with Crippen LogP contribution in [0.2, 0.25) is 0 Å². The maximum Gasteiger partial charge on any atom is 0.420 e. The molecule has 7 nitrogen and oxygen atoms in total. The Bertz CT molecular complexity index is 867. The van der Waals surface area contributed by atoms with E-state index in [0.717, 1.165) is 17.1 Å². The zero-order chi connectivity index (χ0) is 17.9. The number of hydrogen-bond acceptors (Lipinski definition) is 5. The zero-order valence-electron chi connectivity index (χ0n) is 12.4. The molecule has 0 atom stereocenters. The first kappa shape index (κ1) is 16.4. The van der Waals surface area contributed by atoms with E-state index < -0.39 is 23.7 Å². The van der Waals surface area contributed by atoms with Gasteiger partial charge in [0.15, 0.2) is 5.82 Å². The molecule has 0 aliphatic rings. The lowest BCUT2D eigenvalue weighted by Crippen LogP contribution is -2.19. The van der Waals surface area contributed by atoms with Gasteiger partial charge in [-0.25, -0.2) is 9.78 Å². The molecule has 0 aliphatic carbocycles. The van der Waals surface area contributed by atoms with E-state index in [2.05, 4.69) is 20.5 Å². The van der Waals surface area contributed by atoms with Crippen LogP contribution in [0.4, 0.5) is 23.7 Å². The predicted molar refractivity (Wildman–Crippen MR) is 80.2 cm³/mol. The normalized spacial score (nSPS) is 11.2. The Morgan fingerprint density at radius 2 is 1.80 bits per heavy atom. The van der Waals surface area contributed by atoms with Crippen LogP contribution in [0, 0.1) is 0 Å². The average Bonchev–Trinajstić information content (AvgIpc) is 3.09. The number of carbonyl (C=O) groups excluding carboxylic acids is 1. The second kappa shape index (κ2) is 6.59. The molecule has 1 amide bonds. The van der Waals surface area contributed by atoms with Crippen molar-refractivity contribution in [3.05, 3.63) is 60.6 Å². The number of para-hydroxylation sites is 1. The molecule has 0 bridgehead atoms. The molecule has 25 heavy (non-hydrogen) atoms. The maximum atomic E-state index is 13.3. The Hall–Kier alpha value is -3.43. The summed E-state index contributed by atoms with van der Waals surface area (Å²) in [5, 5.41) is 9.48. The standard InChI is InChI=1S/C15H10F3N5O2/c16-15(17,18)12-8-10(9-19-13(12)23-20-6-7-21-23)22-14(24)25-11-4-2-1-3-5-11/h1-9H,(H,22,24). The van der Waals surface area contributed by atoms with Gasteiger partial charge in [0.25, 0.3) is 0 Å². The maximum absolute atomic E-state index is 13.3. The summed E-state index contributed by atoms with van der Waals surface area (Å²) in [4.78, 5) is 16.2. The molecular formula is C15H10F3N5O2. The molecule has 0 saturated carbocycles.